The van der Waals surface area contributed by atoms with Crippen LogP contribution in [-0.4, -0.2) is 42.6 Å². The minimum Gasteiger partial charge on any atom is -0.450 e. The molecule has 0 atom stereocenters. The van der Waals surface area contributed by atoms with E-state index in [1.807, 2.05) is 0 Å². The predicted octanol–water partition coefficient (Wildman–Crippen LogP) is 3.59. The summed E-state index contributed by atoms with van der Waals surface area (Å²) in [6.45, 7) is 3.07. The Morgan fingerprint density at radius 2 is 2.09 bits per heavy atom. The van der Waals surface area contributed by atoms with Crippen LogP contribution in [0.25, 0.3) is 0 Å². The van der Waals surface area contributed by atoms with Crippen molar-refractivity contribution in [3.8, 4) is 0 Å². The summed E-state index contributed by atoms with van der Waals surface area (Å²) in [6.07, 6.45) is 0.837. The van der Waals surface area contributed by atoms with Crippen molar-refractivity contribution in [2.45, 2.75) is 25.8 Å². The Labute approximate surface area is 147 Å². The number of hydrogen-bond acceptors (Lipinski definition) is 3. The molecule has 1 aliphatic heterocycles. The highest BCUT2D eigenvalue weighted by atomic mass is 79.9. The van der Waals surface area contributed by atoms with E-state index in [0.717, 1.165) is 0 Å². The van der Waals surface area contributed by atoms with Crippen LogP contribution in [0.15, 0.2) is 16.6 Å². The van der Waals surface area contributed by atoms with E-state index in [0.29, 0.717) is 32.5 Å². The van der Waals surface area contributed by atoms with Gasteiger partial charge in [-0.05, 0) is 47.8 Å². The van der Waals surface area contributed by atoms with Crippen molar-refractivity contribution in [1.82, 2.24) is 10.2 Å². The molecule has 0 aliphatic carbocycles. The van der Waals surface area contributed by atoms with Crippen LogP contribution >= 0.6 is 27.5 Å². The lowest BCUT2D eigenvalue weighted by atomic mass is 10.0. The standard InChI is InChI=1S/C15H17BrClFN2O3/c1-2-23-15(22)20-5-3-10(4-6-20)19-14(21)11-7-9(17)8-12(16)13(11)18/h7-8,10H,2-6H2,1H3,(H,19,21). The molecule has 1 heterocycles. The van der Waals surface area contributed by atoms with Crippen LogP contribution in [0.3, 0.4) is 0 Å². The number of benzene rings is 1. The Balaban J connectivity index is 1.94. The second-order valence-corrected chi connectivity index (χ2v) is 6.47. The van der Waals surface area contributed by atoms with E-state index in [-0.39, 0.29) is 27.2 Å². The molecule has 0 spiro atoms. The van der Waals surface area contributed by atoms with Crippen molar-refractivity contribution in [1.29, 1.82) is 0 Å². The number of nitrogens with one attached hydrogen (secondary N) is 1. The zero-order chi connectivity index (χ0) is 17.0. The number of amides is 2. The topological polar surface area (TPSA) is 58.6 Å². The van der Waals surface area contributed by atoms with Crippen LogP contribution in [-0.2, 0) is 4.74 Å². The van der Waals surface area contributed by atoms with Crippen LogP contribution < -0.4 is 5.32 Å². The quantitative estimate of drug-likeness (QED) is 0.779. The Bertz CT molecular complexity index is 607. The van der Waals surface area contributed by atoms with E-state index >= 15 is 0 Å². The molecule has 5 nitrogen and oxygen atoms in total. The van der Waals surface area contributed by atoms with Crippen LogP contribution in [0.4, 0.5) is 9.18 Å². The largest absolute Gasteiger partial charge is 0.450 e. The summed E-state index contributed by atoms with van der Waals surface area (Å²) < 4.78 is 19.1. The lowest BCUT2D eigenvalue weighted by molar-refractivity contribution is 0.0857. The first kappa shape index (κ1) is 18.0. The second kappa shape index (κ2) is 7.97. The van der Waals surface area contributed by atoms with Gasteiger partial charge in [-0.1, -0.05) is 11.6 Å². The summed E-state index contributed by atoms with van der Waals surface area (Å²) in [5, 5.41) is 3.06. The van der Waals surface area contributed by atoms with Gasteiger partial charge >= 0.3 is 6.09 Å². The number of hydrogen-bond donors (Lipinski definition) is 1. The highest BCUT2D eigenvalue weighted by Gasteiger charge is 2.26. The van der Waals surface area contributed by atoms with Crippen LogP contribution in [0, 0.1) is 5.82 Å². The van der Waals surface area contributed by atoms with Crippen LogP contribution in [0.5, 0.6) is 0 Å². The number of rotatable bonds is 3. The molecule has 23 heavy (non-hydrogen) atoms. The molecule has 126 valence electrons. The third-order valence-electron chi connectivity index (χ3n) is 3.59. The van der Waals surface area contributed by atoms with E-state index in [9.17, 15) is 14.0 Å². The van der Waals surface area contributed by atoms with Gasteiger partial charge in [0, 0.05) is 24.2 Å². The summed E-state index contributed by atoms with van der Waals surface area (Å²) in [4.78, 5) is 25.4. The molecule has 0 saturated carbocycles. The molecule has 0 aromatic heterocycles. The third-order valence-corrected chi connectivity index (χ3v) is 4.39. The van der Waals surface area contributed by atoms with Gasteiger partial charge in [0.2, 0.25) is 0 Å². The highest BCUT2D eigenvalue weighted by Crippen LogP contribution is 2.24. The normalized spacial score (nSPS) is 15.4. The summed E-state index contributed by atoms with van der Waals surface area (Å²) in [5.74, 6) is -1.16. The molecular weight excluding hydrogens is 391 g/mol. The first-order valence-electron chi connectivity index (χ1n) is 7.29. The van der Waals surface area contributed by atoms with Crippen molar-refractivity contribution in [3.05, 3.63) is 33.0 Å². The maximum atomic E-state index is 14.0. The lowest BCUT2D eigenvalue weighted by Gasteiger charge is -2.31. The van der Waals surface area contributed by atoms with E-state index in [2.05, 4.69) is 21.2 Å². The number of likely N-dealkylation sites (tertiary alicyclic amines) is 1. The summed E-state index contributed by atoms with van der Waals surface area (Å²) in [6, 6.07) is 2.57. The maximum absolute atomic E-state index is 14.0. The molecule has 1 aromatic rings. The Morgan fingerprint density at radius 3 is 2.70 bits per heavy atom. The number of carbonyl (C=O) groups excluding carboxylic acids is 2. The molecule has 2 amide bonds. The summed E-state index contributed by atoms with van der Waals surface area (Å²) in [5.41, 5.74) is -0.0998. The van der Waals surface area contributed by atoms with Crippen LogP contribution in [0.1, 0.15) is 30.1 Å². The minimum absolute atomic E-state index is 0.0998. The molecule has 1 saturated heterocycles. The third kappa shape index (κ3) is 4.57. The number of carbonyl (C=O) groups is 2. The van der Waals surface area contributed by atoms with Crippen molar-refractivity contribution >= 4 is 39.5 Å². The van der Waals surface area contributed by atoms with Gasteiger partial charge in [-0.25, -0.2) is 9.18 Å². The summed E-state index contributed by atoms with van der Waals surface area (Å²) >= 11 is 8.89. The van der Waals surface area contributed by atoms with Gasteiger partial charge in [-0.3, -0.25) is 4.79 Å². The Hall–Kier alpha value is -1.34. The molecule has 0 bridgehead atoms. The molecular formula is C15H17BrClFN2O3. The fourth-order valence-corrected chi connectivity index (χ4v) is 3.22. The first-order valence-corrected chi connectivity index (χ1v) is 8.46. The van der Waals surface area contributed by atoms with E-state index < -0.39 is 11.7 Å². The van der Waals surface area contributed by atoms with Crippen LogP contribution in [0.2, 0.25) is 5.02 Å². The summed E-state index contributed by atoms with van der Waals surface area (Å²) in [7, 11) is 0. The molecule has 0 unspecified atom stereocenters. The van der Waals surface area contributed by atoms with Crippen molar-refractivity contribution in [2.75, 3.05) is 19.7 Å². The molecule has 0 radical (unpaired) electrons. The maximum Gasteiger partial charge on any atom is 0.409 e. The van der Waals surface area contributed by atoms with Crippen molar-refractivity contribution in [3.63, 3.8) is 0 Å². The average molecular weight is 408 g/mol. The molecule has 2 rings (SSSR count). The van der Waals surface area contributed by atoms with Gasteiger partial charge in [-0.2, -0.15) is 0 Å². The van der Waals surface area contributed by atoms with E-state index in [1.165, 1.54) is 12.1 Å². The molecule has 1 aliphatic rings. The van der Waals surface area contributed by atoms with Gasteiger partial charge in [0.25, 0.3) is 5.91 Å². The number of nitrogens with zero attached hydrogens (tertiary/aromatic N) is 1. The zero-order valence-corrected chi connectivity index (χ0v) is 14.9. The van der Waals surface area contributed by atoms with Gasteiger partial charge in [0.15, 0.2) is 0 Å². The minimum atomic E-state index is -0.643. The van der Waals surface area contributed by atoms with Crippen molar-refractivity contribution in [2.24, 2.45) is 0 Å². The average Bonchev–Trinajstić information content (AvgIpc) is 2.51. The molecule has 1 aromatic carbocycles. The molecule has 1 N–H and O–H groups in total. The highest BCUT2D eigenvalue weighted by molar-refractivity contribution is 9.10. The number of ether oxygens (including phenoxy) is 1. The number of piperidine rings is 1. The Morgan fingerprint density at radius 1 is 1.43 bits per heavy atom. The predicted molar refractivity (Wildman–Crippen MR) is 88.2 cm³/mol. The second-order valence-electron chi connectivity index (χ2n) is 5.18. The van der Waals surface area contributed by atoms with E-state index in [1.54, 1.807) is 11.8 Å². The smallest absolute Gasteiger partial charge is 0.409 e. The van der Waals surface area contributed by atoms with Crippen molar-refractivity contribution < 1.29 is 18.7 Å². The van der Waals surface area contributed by atoms with Gasteiger partial charge < -0.3 is 15.0 Å². The van der Waals surface area contributed by atoms with E-state index in [4.69, 9.17) is 16.3 Å². The zero-order valence-electron chi connectivity index (χ0n) is 12.6. The van der Waals surface area contributed by atoms with Gasteiger partial charge in [0.1, 0.15) is 5.82 Å². The monoisotopic (exact) mass is 406 g/mol. The SMILES string of the molecule is CCOC(=O)N1CCC(NC(=O)c2cc(Cl)cc(Br)c2F)CC1. The number of halogens is 3. The fraction of sp³-hybridized carbons (Fsp3) is 0.467. The molecule has 8 heteroatoms. The van der Waals surface area contributed by atoms with Gasteiger partial charge in [-0.15, -0.1) is 0 Å². The lowest BCUT2D eigenvalue weighted by Crippen LogP contribution is -2.46. The Kier molecular flexibility index (Phi) is 6.24. The molecule has 1 fully saturated rings. The first-order chi connectivity index (χ1) is 10.9. The fourth-order valence-electron chi connectivity index (χ4n) is 2.41. The van der Waals surface area contributed by atoms with Gasteiger partial charge in [0.05, 0.1) is 16.6 Å².